The van der Waals surface area contributed by atoms with Crippen molar-refractivity contribution in [3.05, 3.63) is 29.8 Å². The first-order valence-electron chi connectivity index (χ1n) is 7.26. The van der Waals surface area contributed by atoms with Crippen LogP contribution in [0.25, 0.3) is 0 Å². The van der Waals surface area contributed by atoms with Crippen LogP contribution in [0.4, 0.5) is 0 Å². The molecule has 6 nitrogen and oxygen atoms in total. The fourth-order valence-corrected chi connectivity index (χ4v) is 2.42. The molecule has 1 aliphatic heterocycles. The molecule has 1 aliphatic rings. The number of carbonyl (C=O) groups excluding carboxylic acids is 2. The van der Waals surface area contributed by atoms with Crippen LogP contribution in [0.5, 0.6) is 5.75 Å². The molecule has 1 fully saturated rings. The van der Waals surface area contributed by atoms with Crippen molar-refractivity contribution in [1.82, 2.24) is 5.32 Å². The first kappa shape index (κ1) is 16.3. The first-order chi connectivity index (χ1) is 10.6. The summed E-state index contributed by atoms with van der Waals surface area (Å²) in [5, 5.41) is 2.72. The van der Waals surface area contributed by atoms with Gasteiger partial charge in [-0.25, -0.2) is 4.79 Å². The lowest BCUT2D eigenvalue weighted by molar-refractivity contribution is -0.146. The largest absolute Gasteiger partial charge is 0.497 e. The van der Waals surface area contributed by atoms with E-state index in [1.54, 1.807) is 7.11 Å². The van der Waals surface area contributed by atoms with Crippen molar-refractivity contribution >= 4 is 11.9 Å². The van der Waals surface area contributed by atoms with E-state index in [4.69, 9.17) is 14.2 Å². The van der Waals surface area contributed by atoms with Crippen LogP contribution >= 0.6 is 0 Å². The van der Waals surface area contributed by atoms with Gasteiger partial charge in [0.25, 0.3) is 0 Å². The lowest BCUT2D eigenvalue weighted by Crippen LogP contribution is -2.47. The molecule has 2 rings (SSSR count). The van der Waals surface area contributed by atoms with E-state index < -0.39 is 18.1 Å². The van der Waals surface area contributed by atoms with E-state index in [2.05, 4.69) is 5.32 Å². The first-order valence-corrected chi connectivity index (χ1v) is 7.26. The van der Waals surface area contributed by atoms with Gasteiger partial charge in [0.2, 0.25) is 5.91 Å². The maximum atomic E-state index is 12.1. The summed E-state index contributed by atoms with van der Waals surface area (Å²) in [5.74, 6) is -0.0449. The van der Waals surface area contributed by atoms with Gasteiger partial charge in [0.05, 0.1) is 14.2 Å². The molecule has 2 atom stereocenters. The van der Waals surface area contributed by atoms with E-state index in [1.807, 2.05) is 24.3 Å². The van der Waals surface area contributed by atoms with Gasteiger partial charge in [-0.2, -0.15) is 0 Å². The maximum absolute atomic E-state index is 12.1. The number of amides is 1. The minimum absolute atomic E-state index is 0.268. The SMILES string of the molecule is COC(=O)[C@@H](Cc1cccc(OC)c1)NC(=O)[C@H]1CCCO1. The van der Waals surface area contributed by atoms with Crippen LogP contribution in [-0.2, 0) is 25.5 Å². The molecule has 1 aromatic rings. The summed E-state index contributed by atoms with van der Waals surface area (Å²) in [7, 11) is 2.88. The third kappa shape index (κ3) is 4.21. The van der Waals surface area contributed by atoms with Crippen molar-refractivity contribution in [2.24, 2.45) is 0 Å². The molecule has 1 aromatic carbocycles. The van der Waals surface area contributed by atoms with Crippen LogP contribution in [-0.4, -0.2) is 44.8 Å². The molecule has 0 spiro atoms. The van der Waals surface area contributed by atoms with Crippen molar-refractivity contribution in [2.75, 3.05) is 20.8 Å². The average Bonchev–Trinajstić information content (AvgIpc) is 3.08. The molecule has 0 unspecified atom stereocenters. The van der Waals surface area contributed by atoms with Gasteiger partial charge in [0, 0.05) is 13.0 Å². The standard InChI is InChI=1S/C16H21NO5/c1-20-12-6-3-5-11(9-12)10-13(16(19)21-2)17-15(18)14-7-4-8-22-14/h3,5-6,9,13-14H,4,7-8,10H2,1-2H3,(H,17,18)/t13-,14-/m1/s1. The Balaban J connectivity index is 2.05. The third-order valence-corrected chi connectivity index (χ3v) is 3.60. The van der Waals surface area contributed by atoms with Gasteiger partial charge in [-0.1, -0.05) is 12.1 Å². The number of benzene rings is 1. The second-order valence-electron chi connectivity index (χ2n) is 5.14. The zero-order valence-electron chi connectivity index (χ0n) is 12.8. The molecule has 120 valence electrons. The number of methoxy groups -OCH3 is 2. The van der Waals surface area contributed by atoms with Crippen LogP contribution in [0.2, 0.25) is 0 Å². The molecule has 0 bridgehead atoms. The Hall–Kier alpha value is -2.08. The van der Waals surface area contributed by atoms with Gasteiger partial charge in [0.15, 0.2) is 0 Å². The van der Waals surface area contributed by atoms with Crippen molar-refractivity contribution < 1.29 is 23.8 Å². The fourth-order valence-electron chi connectivity index (χ4n) is 2.42. The molecule has 0 aromatic heterocycles. The highest BCUT2D eigenvalue weighted by Gasteiger charge is 2.29. The number of nitrogens with one attached hydrogen (secondary N) is 1. The molecular weight excluding hydrogens is 286 g/mol. The Morgan fingerprint density at radius 1 is 1.41 bits per heavy atom. The van der Waals surface area contributed by atoms with Crippen molar-refractivity contribution in [1.29, 1.82) is 0 Å². The molecule has 6 heteroatoms. The quantitative estimate of drug-likeness (QED) is 0.796. The number of ether oxygens (including phenoxy) is 3. The van der Waals surface area contributed by atoms with E-state index >= 15 is 0 Å². The molecule has 1 amide bonds. The lowest BCUT2D eigenvalue weighted by Gasteiger charge is -2.19. The zero-order valence-corrected chi connectivity index (χ0v) is 12.8. The van der Waals surface area contributed by atoms with E-state index in [-0.39, 0.29) is 5.91 Å². The van der Waals surface area contributed by atoms with Crippen LogP contribution in [0.3, 0.4) is 0 Å². The van der Waals surface area contributed by atoms with Crippen LogP contribution < -0.4 is 10.1 Å². The van der Waals surface area contributed by atoms with Crippen LogP contribution in [0.15, 0.2) is 24.3 Å². The normalized spacial score (nSPS) is 18.5. The molecule has 0 aliphatic carbocycles. The number of hydrogen-bond acceptors (Lipinski definition) is 5. The predicted molar refractivity (Wildman–Crippen MR) is 79.6 cm³/mol. The van der Waals surface area contributed by atoms with Crippen molar-refractivity contribution in [3.8, 4) is 5.75 Å². The average molecular weight is 307 g/mol. The summed E-state index contributed by atoms with van der Waals surface area (Å²) >= 11 is 0. The third-order valence-electron chi connectivity index (χ3n) is 3.60. The van der Waals surface area contributed by atoms with E-state index in [0.29, 0.717) is 25.2 Å². The maximum Gasteiger partial charge on any atom is 0.328 e. The van der Waals surface area contributed by atoms with Crippen LogP contribution in [0.1, 0.15) is 18.4 Å². The monoisotopic (exact) mass is 307 g/mol. The summed E-state index contributed by atoms with van der Waals surface area (Å²) in [6, 6.07) is 6.62. The predicted octanol–water partition coefficient (Wildman–Crippen LogP) is 1.07. The molecule has 0 radical (unpaired) electrons. The minimum Gasteiger partial charge on any atom is -0.497 e. The Bertz CT molecular complexity index is 525. The molecule has 1 heterocycles. The lowest BCUT2D eigenvalue weighted by atomic mass is 10.0. The highest BCUT2D eigenvalue weighted by atomic mass is 16.5. The van der Waals surface area contributed by atoms with E-state index in [9.17, 15) is 9.59 Å². The summed E-state index contributed by atoms with van der Waals surface area (Å²) in [4.78, 5) is 24.0. The van der Waals surface area contributed by atoms with E-state index in [1.165, 1.54) is 7.11 Å². The van der Waals surface area contributed by atoms with Gasteiger partial charge < -0.3 is 19.5 Å². The van der Waals surface area contributed by atoms with Crippen LogP contribution in [0, 0.1) is 0 Å². The summed E-state index contributed by atoms with van der Waals surface area (Å²) in [6.45, 7) is 0.580. The van der Waals surface area contributed by atoms with Gasteiger partial charge in [0.1, 0.15) is 17.9 Å². The highest BCUT2D eigenvalue weighted by molar-refractivity contribution is 5.87. The summed E-state index contributed by atoms with van der Waals surface area (Å²) in [5.41, 5.74) is 0.877. The minimum atomic E-state index is -0.742. The van der Waals surface area contributed by atoms with Gasteiger partial charge >= 0.3 is 5.97 Å². The van der Waals surface area contributed by atoms with E-state index in [0.717, 1.165) is 12.0 Å². The second kappa shape index (κ2) is 7.79. The fraction of sp³-hybridized carbons (Fsp3) is 0.500. The van der Waals surface area contributed by atoms with Gasteiger partial charge in [-0.3, -0.25) is 4.79 Å². The highest BCUT2D eigenvalue weighted by Crippen LogP contribution is 2.16. The number of carbonyl (C=O) groups is 2. The molecule has 22 heavy (non-hydrogen) atoms. The molecule has 0 saturated carbocycles. The Labute approximate surface area is 129 Å². The van der Waals surface area contributed by atoms with Crippen molar-refractivity contribution in [3.63, 3.8) is 0 Å². The van der Waals surface area contributed by atoms with Gasteiger partial charge in [-0.15, -0.1) is 0 Å². The molecular formula is C16H21NO5. The summed E-state index contributed by atoms with van der Waals surface area (Å²) < 4.78 is 15.3. The Morgan fingerprint density at radius 3 is 2.86 bits per heavy atom. The zero-order chi connectivity index (χ0) is 15.9. The second-order valence-corrected chi connectivity index (χ2v) is 5.14. The number of esters is 1. The number of rotatable bonds is 6. The summed E-state index contributed by atoms with van der Waals surface area (Å²) in [6.07, 6.45) is 1.40. The molecule has 1 saturated heterocycles. The Kier molecular flexibility index (Phi) is 5.77. The van der Waals surface area contributed by atoms with Gasteiger partial charge in [-0.05, 0) is 30.5 Å². The van der Waals surface area contributed by atoms with Crippen molar-refractivity contribution in [2.45, 2.75) is 31.4 Å². The molecule has 1 N–H and O–H groups in total. The smallest absolute Gasteiger partial charge is 0.328 e. The Morgan fingerprint density at radius 2 is 2.23 bits per heavy atom. The topological polar surface area (TPSA) is 73.9 Å². The number of hydrogen-bond donors (Lipinski definition) is 1.